The summed E-state index contributed by atoms with van der Waals surface area (Å²) < 4.78 is 2.03. The van der Waals surface area contributed by atoms with E-state index >= 15 is 0 Å². The first-order chi connectivity index (χ1) is 14.0. The van der Waals surface area contributed by atoms with Crippen molar-refractivity contribution in [1.82, 2.24) is 20.1 Å². The Labute approximate surface area is 179 Å². The Balaban J connectivity index is 1.85. The van der Waals surface area contributed by atoms with Crippen molar-refractivity contribution in [2.45, 2.75) is 43.5 Å². The third-order valence-corrected chi connectivity index (χ3v) is 6.63. The molecule has 0 aliphatic carbocycles. The molecule has 1 aliphatic heterocycles. The molecule has 0 spiro atoms. The molecule has 0 bridgehead atoms. The summed E-state index contributed by atoms with van der Waals surface area (Å²) in [6.07, 6.45) is 2.86. The standard InChI is InChI=1S/C22H23ClN4OS/c1-14-10-11-15(2)18(13-14)27-20(16-7-3-4-8-17(16)23)25-26-22(27)29-19-9-5-6-12-24-21(19)28/h3-4,7-8,10-11,13,19H,5-6,9,12H2,1-2H3,(H,24,28). The minimum absolute atomic E-state index is 0.0716. The lowest BCUT2D eigenvalue weighted by Crippen LogP contribution is -2.30. The number of nitrogens with zero attached hydrogens (tertiary/aromatic N) is 3. The van der Waals surface area contributed by atoms with Crippen LogP contribution < -0.4 is 5.32 Å². The van der Waals surface area contributed by atoms with Gasteiger partial charge in [0.2, 0.25) is 5.91 Å². The fourth-order valence-corrected chi connectivity index (χ4v) is 4.82. The van der Waals surface area contributed by atoms with Gasteiger partial charge in [-0.3, -0.25) is 9.36 Å². The summed E-state index contributed by atoms with van der Waals surface area (Å²) in [4.78, 5) is 12.5. The van der Waals surface area contributed by atoms with Crippen molar-refractivity contribution in [2.75, 3.05) is 6.54 Å². The largest absolute Gasteiger partial charge is 0.355 e. The predicted molar refractivity (Wildman–Crippen MR) is 118 cm³/mol. The minimum Gasteiger partial charge on any atom is -0.355 e. The van der Waals surface area contributed by atoms with E-state index in [0.717, 1.165) is 48.2 Å². The Morgan fingerprint density at radius 2 is 1.97 bits per heavy atom. The van der Waals surface area contributed by atoms with Gasteiger partial charge in [-0.15, -0.1) is 10.2 Å². The van der Waals surface area contributed by atoms with E-state index in [9.17, 15) is 4.79 Å². The van der Waals surface area contributed by atoms with Crippen LogP contribution in [0.25, 0.3) is 17.1 Å². The Morgan fingerprint density at radius 3 is 2.79 bits per heavy atom. The van der Waals surface area contributed by atoms with E-state index in [2.05, 4.69) is 47.6 Å². The van der Waals surface area contributed by atoms with Crippen molar-refractivity contribution in [2.24, 2.45) is 0 Å². The van der Waals surface area contributed by atoms with Crippen LogP contribution in [0.5, 0.6) is 0 Å². The monoisotopic (exact) mass is 426 g/mol. The maximum absolute atomic E-state index is 12.5. The summed E-state index contributed by atoms with van der Waals surface area (Å²) in [7, 11) is 0. The highest BCUT2D eigenvalue weighted by atomic mass is 35.5. The van der Waals surface area contributed by atoms with Gasteiger partial charge in [0, 0.05) is 12.1 Å². The first-order valence-electron chi connectivity index (χ1n) is 9.77. The van der Waals surface area contributed by atoms with Crippen molar-refractivity contribution in [3.63, 3.8) is 0 Å². The Kier molecular flexibility index (Phi) is 5.92. The first-order valence-corrected chi connectivity index (χ1v) is 11.0. The lowest BCUT2D eigenvalue weighted by molar-refractivity contribution is -0.120. The molecule has 1 aliphatic rings. The molecule has 1 N–H and O–H groups in total. The number of halogens is 1. The molecular weight excluding hydrogens is 404 g/mol. The fraction of sp³-hybridized carbons (Fsp3) is 0.318. The van der Waals surface area contributed by atoms with E-state index in [1.807, 2.05) is 28.8 Å². The molecule has 1 saturated heterocycles. The van der Waals surface area contributed by atoms with Crippen LogP contribution in [-0.2, 0) is 4.79 Å². The normalized spacial score (nSPS) is 17.1. The molecule has 0 saturated carbocycles. The molecule has 3 aromatic rings. The maximum Gasteiger partial charge on any atom is 0.233 e. The molecule has 2 heterocycles. The highest BCUT2D eigenvalue weighted by Crippen LogP contribution is 2.35. The van der Waals surface area contributed by atoms with Crippen molar-refractivity contribution in [1.29, 1.82) is 0 Å². The summed E-state index contributed by atoms with van der Waals surface area (Å²) in [6.45, 7) is 4.87. The second kappa shape index (κ2) is 8.59. The second-order valence-corrected chi connectivity index (χ2v) is 8.88. The zero-order chi connectivity index (χ0) is 20.4. The number of aryl methyl sites for hydroxylation is 2. The summed E-state index contributed by atoms with van der Waals surface area (Å²) in [5.74, 6) is 0.753. The minimum atomic E-state index is -0.176. The van der Waals surface area contributed by atoms with Gasteiger partial charge in [-0.2, -0.15) is 0 Å². The third-order valence-electron chi connectivity index (χ3n) is 5.09. The van der Waals surface area contributed by atoms with E-state index in [-0.39, 0.29) is 11.2 Å². The molecule has 1 fully saturated rings. The molecule has 150 valence electrons. The first kappa shape index (κ1) is 20.0. The van der Waals surface area contributed by atoms with Crippen molar-refractivity contribution in [3.05, 3.63) is 58.6 Å². The number of thioether (sulfide) groups is 1. The van der Waals surface area contributed by atoms with Crippen molar-refractivity contribution in [3.8, 4) is 17.1 Å². The van der Waals surface area contributed by atoms with Gasteiger partial charge in [-0.25, -0.2) is 0 Å². The van der Waals surface area contributed by atoms with Gasteiger partial charge < -0.3 is 5.32 Å². The van der Waals surface area contributed by atoms with Crippen LogP contribution in [0.3, 0.4) is 0 Å². The van der Waals surface area contributed by atoms with Crippen molar-refractivity contribution < 1.29 is 4.79 Å². The molecule has 5 nitrogen and oxygen atoms in total. The second-order valence-electron chi connectivity index (χ2n) is 7.30. The van der Waals surface area contributed by atoms with E-state index in [4.69, 9.17) is 11.6 Å². The topological polar surface area (TPSA) is 59.8 Å². The van der Waals surface area contributed by atoms with Crippen LogP contribution in [0, 0.1) is 13.8 Å². The highest BCUT2D eigenvalue weighted by molar-refractivity contribution is 8.00. The summed E-state index contributed by atoms with van der Waals surface area (Å²) in [5, 5.41) is 13.1. The molecule has 7 heteroatoms. The Morgan fingerprint density at radius 1 is 1.14 bits per heavy atom. The van der Waals surface area contributed by atoms with E-state index < -0.39 is 0 Å². The van der Waals surface area contributed by atoms with Gasteiger partial charge in [0.15, 0.2) is 11.0 Å². The molecule has 1 unspecified atom stereocenters. The molecule has 1 amide bonds. The van der Waals surface area contributed by atoms with Gasteiger partial charge in [0.05, 0.1) is 16.0 Å². The third kappa shape index (κ3) is 4.19. The van der Waals surface area contributed by atoms with Crippen LogP contribution >= 0.6 is 23.4 Å². The molecular formula is C22H23ClN4OS. The summed E-state index contributed by atoms with van der Waals surface area (Å²) >= 11 is 7.96. The quantitative estimate of drug-likeness (QED) is 0.640. The molecule has 1 aromatic heterocycles. The Bertz CT molecular complexity index is 1050. The number of carbonyl (C=O) groups is 1. The van der Waals surface area contributed by atoms with Gasteiger partial charge in [0.1, 0.15) is 0 Å². The maximum atomic E-state index is 12.5. The van der Waals surface area contributed by atoms with Gasteiger partial charge in [-0.1, -0.05) is 54.0 Å². The number of benzene rings is 2. The average molecular weight is 427 g/mol. The lowest BCUT2D eigenvalue weighted by Gasteiger charge is -2.17. The van der Waals surface area contributed by atoms with Gasteiger partial charge in [-0.05, 0) is 56.0 Å². The number of aromatic nitrogens is 3. The number of nitrogens with one attached hydrogen (secondary N) is 1. The van der Waals surface area contributed by atoms with E-state index in [1.165, 1.54) is 11.8 Å². The number of carbonyl (C=O) groups excluding carboxylic acids is 1. The number of hydrogen-bond acceptors (Lipinski definition) is 4. The SMILES string of the molecule is Cc1ccc(C)c(-n2c(SC3CCCCNC3=O)nnc2-c2ccccc2Cl)c1. The van der Waals surface area contributed by atoms with Crippen LogP contribution in [0.1, 0.15) is 30.4 Å². The van der Waals surface area contributed by atoms with Crippen LogP contribution in [-0.4, -0.2) is 32.5 Å². The highest BCUT2D eigenvalue weighted by Gasteiger charge is 2.27. The van der Waals surface area contributed by atoms with Crippen LogP contribution in [0.4, 0.5) is 0 Å². The molecule has 1 atom stereocenters. The molecule has 0 radical (unpaired) electrons. The zero-order valence-corrected chi connectivity index (χ0v) is 18.1. The van der Waals surface area contributed by atoms with E-state index in [1.54, 1.807) is 0 Å². The molecule has 29 heavy (non-hydrogen) atoms. The van der Waals surface area contributed by atoms with Gasteiger partial charge >= 0.3 is 0 Å². The van der Waals surface area contributed by atoms with Crippen molar-refractivity contribution >= 4 is 29.3 Å². The predicted octanol–water partition coefficient (Wildman–Crippen LogP) is 4.97. The van der Waals surface area contributed by atoms with E-state index in [0.29, 0.717) is 16.0 Å². The van der Waals surface area contributed by atoms with Crippen LogP contribution in [0.2, 0.25) is 5.02 Å². The Hall–Kier alpha value is -2.31. The average Bonchev–Trinajstić information content (AvgIpc) is 3.00. The van der Waals surface area contributed by atoms with Gasteiger partial charge in [0.25, 0.3) is 0 Å². The number of rotatable bonds is 4. The smallest absolute Gasteiger partial charge is 0.233 e. The fourth-order valence-electron chi connectivity index (χ4n) is 3.49. The number of hydrogen-bond donors (Lipinski definition) is 1. The number of amides is 1. The summed E-state index contributed by atoms with van der Waals surface area (Å²) in [6, 6.07) is 13.9. The molecule has 2 aromatic carbocycles. The molecule has 4 rings (SSSR count). The van der Waals surface area contributed by atoms with Crippen LogP contribution in [0.15, 0.2) is 47.6 Å². The zero-order valence-electron chi connectivity index (χ0n) is 16.5. The lowest BCUT2D eigenvalue weighted by atomic mass is 10.1. The summed E-state index contributed by atoms with van der Waals surface area (Å²) in [5.41, 5.74) is 4.07.